The van der Waals surface area contributed by atoms with E-state index in [-0.39, 0.29) is 0 Å². The molecule has 0 radical (unpaired) electrons. The number of nitrogens with one attached hydrogen (secondary N) is 1. The number of nitrogens with zero attached hydrogens (tertiary/aromatic N) is 1. The van der Waals surface area contributed by atoms with Crippen molar-refractivity contribution in [3.05, 3.63) is 10.6 Å². The van der Waals surface area contributed by atoms with Gasteiger partial charge in [0.25, 0.3) is 0 Å². The monoisotopic (exact) mass is 215 g/mol. The highest BCUT2D eigenvalue weighted by Crippen LogP contribution is 2.20. The Morgan fingerprint density at radius 1 is 1.43 bits per heavy atom. The second-order valence-corrected chi connectivity index (χ2v) is 4.19. The predicted molar refractivity (Wildman–Crippen MR) is 60.0 cm³/mol. The molecule has 0 atom stereocenters. The van der Waals surface area contributed by atoms with Crippen molar-refractivity contribution < 1.29 is 4.74 Å². The van der Waals surface area contributed by atoms with Crippen LogP contribution in [0.2, 0.25) is 0 Å². The third-order valence-corrected chi connectivity index (χ3v) is 2.84. The molecule has 1 aromatic heterocycles. The van der Waals surface area contributed by atoms with Crippen LogP contribution in [-0.2, 0) is 4.74 Å². The first-order chi connectivity index (χ1) is 6.74. The maximum atomic E-state index is 5.29. The third-order valence-electron chi connectivity index (χ3n) is 1.81. The molecule has 0 aliphatic heterocycles. The van der Waals surface area contributed by atoms with E-state index in [2.05, 4.69) is 17.2 Å². The van der Waals surface area contributed by atoms with Crippen LogP contribution in [0.5, 0.6) is 0 Å². The van der Waals surface area contributed by atoms with Crippen molar-refractivity contribution in [2.75, 3.05) is 31.6 Å². The van der Waals surface area contributed by atoms with Crippen molar-refractivity contribution in [3.8, 4) is 0 Å². The van der Waals surface area contributed by atoms with E-state index < -0.39 is 0 Å². The van der Waals surface area contributed by atoms with Gasteiger partial charge in [-0.2, -0.15) is 0 Å². The molecular formula is C9H17N3OS. The van der Waals surface area contributed by atoms with Crippen LogP contribution >= 0.6 is 11.3 Å². The van der Waals surface area contributed by atoms with E-state index in [1.807, 2.05) is 6.92 Å². The lowest BCUT2D eigenvalue weighted by Gasteiger charge is -2.02. The number of hydrogen-bond acceptors (Lipinski definition) is 5. The van der Waals surface area contributed by atoms with Crippen molar-refractivity contribution in [2.24, 2.45) is 5.73 Å². The fourth-order valence-electron chi connectivity index (χ4n) is 0.964. The van der Waals surface area contributed by atoms with Crippen molar-refractivity contribution in [3.63, 3.8) is 0 Å². The highest BCUT2D eigenvalue weighted by molar-refractivity contribution is 7.15. The molecule has 4 nitrogen and oxygen atoms in total. The number of aromatic nitrogens is 1. The van der Waals surface area contributed by atoms with E-state index >= 15 is 0 Å². The number of hydrogen-bond donors (Lipinski definition) is 2. The summed E-state index contributed by atoms with van der Waals surface area (Å²) in [5.41, 5.74) is 6.39. The number of rotatable bonds is 6. The van der Waals surface area contributed by atoms with Crippen LogP contribution in [0.4, 0.5) is 5.13 Å². The van der Waals surface area contributed by atoms with E-state index in [0.29, 0.717) is 19.8 Å². The third kappa shape index (κ3) is 3.61. The Balaban J connectivity index is 2.18. The Labute approximate surface area is 88.5 Å². The normalized spacial score (nSPS) is 10.5. The van der Waals surface area contributed by atoms with Gasteiger partial charge in [-0.25, -0.2) is 4.98 Å². The summed E-state index contributed by atoms with van der Waals surface area (Å²) in [6, 6.07) is 0. The summed E-state index contributed by atoms with van der Waals surface area (Å²) < 4.78 is 5.23. The van der Waals surface area contributed by atoms with Crippen molar-refractivity contribution in [2.45, 2.75) is 13.8 Å². The molecule has 1 heterocycles. The number of ether oxygens (including phenoxy) is 1. The first kappa shape index (κ1) is 11.4. The van der Waals surface area contributed by atoms with Gasteiger partial charge in [-0.3, -0.25) is 0 Å². The van der Waals surface area contributed by atoms with Crippen LogP contribution in [0.1, 0.15) is 10.6 Å². The van der Waals surface area contributed by atoms with E-state index in [4.69, 9.17) is 10.5 Å². The zero-order valence-corrected chi connectivity index (χ0v) is 9.49. The van der Waals surface area contributed by atoms with Crippen LogP contribution in [0.15, 0.2) is 0 Å². The molecule has 0 aliphatic carbocycles. The summed E-state index contributed by atoms with van der Waals surface area (Å²) in [5.74, 6) is 0. The molecular weight excluding hydrogens is 198 g/mol. The molecule has 80 valence electrons. The molecule has 0 aromatic carbocycles. The largest absolute Gasteiger partial charge is 0.378 e. The number of anilines is 1. The molecule has 0 aliphatic rings. The SMILES string of the molecule is Cc1nc(NCCOCCN)sc1C. The zero-order chi connectivity index (χ0) is 10.4. The number of nitrogens with two attached hydrogens (primary N) is 1. The molecule has 0 fully saturated rings. The Kier molecular flexibility index (Phi) is 4.86. The second kappa shape index (κ2) is 5.95. The molecule has 1 rings (SSSR count). The molecule has 0 saturated heterocycles. The minimum absolute atomic E-state index is 0.579. The lowest BCUT2D eigenvalue weighted by Crippen LogP contribution is -2.14. The minimum atomic E-state index is 0.579. The van der Waals surface area contributed by atoms with E-state index in [1.165, 1.54) is 4.88 Å². The average Bonchev–Trinajstić information content (AvgIpc) is 2.46. The molecule has 14 heavy (non-hydrogen) atoms. The van der Waals surface area contributed by atoms with Gasteiger partial charge >= 0.3 is 0 Å². The van der Waals surface area contributed by atoms with Crippen LogP contribution in [-0.4, -0.2) is 31.3 Å². The van der Waals surface area contributed by atoms with E-state index in [9.17, 15) is 0 Å². The maximum absolute atomic E-state index is 5.29. The van der Waals surface area contributed by atoms with Gasteiger partial charge in [-0.05, 0) is 13.8 Å². The van der Waals surface area contributed by atoms with Gasteiger partial charge in [0, 0.05) is 18.0 Å². The van der Waals surface area contributed by atoms with Crippen LogP contribution < -0.4 is 11.1 Å². The quantitative estimate of drug-likeness (QED) is 0.699. The van der Waals surface area contributed by atoms with Crippen LogP contribution in [0, 0.1) is 13.8 Å². The average molecular weight is 215 g/mol. The standard InChI is InChI=1S/C9H17N3OS/c1-7-8(2)14-9(12-7)11-4-6-13-5-3-10/h3-6,10H2,1-2H3,(H,11,12). The summed E-state index contributed by atoms with van der Waals surface area (Å²) in [6.07, 6.45) is 0. The highest BCUT2D eigenvalue weighted by atomic mass is 32.1. The minimum Gasteiger partial charge on any atom is -0.378 e. The fourth-order valence-corrected chi connectivity index (χ4v) is 1.80. The Hall–Kier alpha value is -0.650. The summed E-state index contributed by atoms with van der Waals surface area (Å²) in [7, 11) is 0. The molecule has 0 spiro atoms. The highest BCUT2D eigenvalue weighted by Gasteiger charge is 2.01. The smallest absolute Gasteiger partial charge is 0.183 e. The van der Waals surface area contributed by atoms with Gasteiger partial charge in [0.15, 0.2) is 5.13 Å². The molecule has 0 amide bonds. The number of aryl methyl sites for hydroxylation is 2. The summed E-state index contributed by atoms with van der Waals surface area (Å²) in [5, 5.41) is 4.18. The van der Waals surface area contributed by atoms with Gasteiger partial charge in [-0.15, -0.1) is 11.3 Å². The first-order valence-electron chi connectivity index (χ1n) is 4.69. The van der Waals surface area contributed by atoms with Crippen LogP contribution in [0.25, 0.3) is 0 Å². The molecule has 0 saturated carbocycles. The predicted octanol–water partition coefficient (Wildman–Crippen LogP) is 1.15. The van der Waals surface area contributed by atoms with Crippen molar-refractivity contribution >= 4 is 16.5 Å². The summed E-state index contributed by atoms with van der Waals surface area (Å²) >= 11 is 1.68. The van der Waals surface area contributed by atoms with E-state index in [0.717, 1.165) is 17.4 Å². The van der Waals surface area contributed by atoms with Gasteiger partial charge in [0.2, 0.25) is 0 Å². The summed E-state index contributed by atoms with van der Waals surface area (Å²) in [4.78, 5) is 5.61. The second-order valence-electron chi connectivity index (χ2n) is 2.99. The fraction of sp³-hybridized carbons (Fsp3) is 0.667. The summed E-state index contributed by atoms with van der Waals surface area (Å²) in [6.45, 7) is 6.75. The lowest BCUT2D eigenvalue weighted by molar-refractivity contribution is 0.151. The Morgan fingerprint density at radius 2 is 2.21 bits per heavy atom. The van der Waals surface area contributed by atoms with Gasteiger partial charge in [-0.1, -0.05) is 0 Å². The zero-order valence-electron chi connectivity index (χ0n) is 8.67. The lowest BCUT2D eigenvalue weighted by atomic mass is 10.4. The van der Waals surface area contributed by atoms with Gasteiger partial charge in [0.1, 0.15) is 0 Å². The number of thiazole rings is 1. The maximum Gasteiger partial charge on any atom is 0.183 e. The molecule has 0 unspecified atom stereocenters. The van der Waals surface area contributed by atoms with Crippen LogP contribution in [0.3, 0.4) is 0 Å². The topological polar surface area (TPSA) is 60.2 Å². The van der Waals surface area contributed by atoms with Crippen molar-refractivity contribution in [1.29, 1.82) is 0 Å². The van der Waals surface area contributed by atoms with E-state index in [1.54, 1.807) is 11.3 Å². The molecule has 3 N–H and O–H groups in total. The Morgan fingerprint density at radius 3 is 2.79 bits per heavy atom. The van der Waals surface area contributed by atoms with Gasteiger partial charge in [0.05, 0.1) is 18.9 Å². The molecule has 1 aromatic rings. The van der Waals surface area contributed by atoms with Crippen molar-refractivity contribution in [1.82, 2.24) is 4.98 Å². The first-order valence-corrected chi connectivity index (χ1v) is 5.51. The molecule has 0 bridgehead atoms. The Bertz CT molecular complexity index is 256. The molecule has 5 heteroatoms. The van der Waals surface area contributed by atoms with Gasteiger partial charge < -0.3 is 15.8 Å².